The van der Waals surface area contributed by atoms with Crippen molar-refractivity contribution in [1.29, 1.82) is 0 Å². The van der Waals surface area contributed by atoms with Gasteiger partial charge in [-0.3, -0.25) is 4.79 Å². The molecular formula is C14H13ClN6OS. The van der Waals surface area contributed by atoms with Gasteiger partial charge in [-0.15, -0.1) is 0 Å². The normalized spacial score (nSPS) is 10.9. The maximum Gasteiger partial charge on any atom is 0.234 e. The van der Waals surface area contributed by atoms with E-state index >= 15 is 0 Å². The van der Waals surface area contributed by atoms with Crippen molar-refractivity contribution < 1.29 is 4.79 Å². The highest BCUT2D eigenvalue weighted by molar-refractivity contribution is 7.81. The molecule has 0 fully saturated rings. The molecule has 0 aliphatic carbocycles. The smallest absolute Gasteiger partial charge is 0.234 e. The molecule has 0 unspecified atom stereocenters. The summed E-state index contributed by atoms with van der Waals surface area (Å²) in [6.45, 7) is 0.546. The van der Waals surface area contributed by atoms with E-state index < -0.39 is 0 Å². The van der Waals surface area contributed by atoms with Crippen LogP contribution in [0.3, 0.4) is 0 Å². The van der Waals surface area contributed by atoms with Gasteiger partial charge in [-0.1, -0.05) is 23.7 Å². The van der Waals surface area contributed by atoms with Crippen molar-refractivity contribution in [2.45, 2.75) is 6.54 Å². The second kappa shape index (κ2) is 6.43. The van der Waals surface area contributed by atoms with Gasteiger partial charge in [-0.2, -0.15) is 22.6 Å². The summed E-state index contributed by atoms with van der Waals surface area (Å²) >= 11 is 9.93. The molecular weight excluding hydrogens is 336 g/mol. The molecule has 0 bridgehead atoms. The average molecular weight is 349 g/mol. The lowest BCUT2D eigenvalue weighted by atomic mass is 10.2. The molecule has 0 aliphatic rings. The summed E-state index contributed by atoms with van der Waals surface area (Å²) < 4.78 is 1.83. The number of hydrogen-bond acceptors (Lipinski definition) is 6. The molecule has 7 nitrogen and oxygen atoms in total. The number of rotatable bonds is 4. The number of carbonyl (C=O) groups is 1. The van der Waals surface area contributed by atoms with Crippen molar-refractivity contribution in [3.63, 3.8) is 0 Å². The maximum atomic E-state index is 11.3. The lowest BCUT2D eigenvalue weighted by molar-refractivity contribution is -0.113. The Balaban J connectivity index is 1.83. The van der Waals surface area contributed by atoms with Crippen molar-refractivity contribution in [2.75, 3.05) is 16.8 Å². The molecule has 0 saturated carbocycles. The molecule has 0 atom stereocenters. The highest BCUT2D eigenvalue weighted by Gasteiger charge is 2.11. The number of nitrogen functional groups attached to an aromatic ring is 1. The summed E-state index contributed by atoms with van der Waals surface area (Å²) in [7, 11) is 0. The molecule has 3 aromatic rings. The third-order valence-electron chi connectivity index (χ3n) is 3.17. The lowest BCUT2D eigenvalue weighted by Crippen LogP contribution is -2.12. The summed E-state index contributed by atoms with van der Waals surface area (Å²) in [6, 6.07) is 7.47. The van der Waals surface area contributed by atoms with Crippen molar-refractivity contribution in [3.8, 4) is 0 Å². The second-order valence-corrected chi connectivity index (χ2v) is 5.49. The molecule has 0 saturated heterocycles. The number of halogens is 1. The van der Waals surface area contributed by atoms with Gasteiger partial charge in [-0.25, -0.2) is 4.98 Å². The molecule has 0 aliphatic heterocycles. The predicted octanol–water partition coefficient (Wildman–Crippen LogP) is 1.98. The van der Waals surface area contributed by atoms with Crippen molar-refractivity contribution >= 4 is 52.9 Å². The van der Waals surface area contributed by atoms with Gasteiger partial charge < -0.3 is 15.6 Å². The number of anilines is 2. The van der Waals surface area contributed by atoms with Gasteiger partial charge in [0.25, 0.3) is 0 Å². The molecule has 118 valence electrons. The van der Waals surface area contributed by atoms with Crippen LogP contribution in [0.25, 0.3) is 11.2 Å². The summed E-state index contributed by atoms with van der Waals surface area (Å²) in [5.41, 5.74) is 8.46. The second-order valence-electron chi connectivity index (χ2n) is 4.82. The molecule has 3 rings (SSSR count). The number of nitrogens with one attached hydrogen (secondary N) is 1. The Labute approximate surface area is 142 Å². The van der Waals surface area contributed by atoms with E-state index in [0.29, 0.717) is 17.7 Å². The zero-order valence-electron chi connectivity index (χ0n) is 11.9. The SMILES string of the molecule is Nc1nc(Cl)c2ncn(Cc3ccc(NC(=O)CS)cc3)c2n1. The van der Waals surface area contributed by atoms with Gasteiger partial charge in [0.2, 0.25) is 11.9 Å². The van der Waals surface area contributed by atoms with Crippen LogP contribution in [0.2, 0.25) is 5.15 Å². The first-order valence-electron chi connectivity index (χ1n) is 6.70. The molecule has 1 amide bonds. The highest BCUT2D eigenvalue weighted by Crippen LogP contribution is 2.20. The molecule has 1 aromatic carbocycles. The summed E-state index contributed by atoms with van der Waals surface area (Å²) in [5.74, 6) is 0.0996. The molecule has 0 spiro atoms. The van der Waals surface area contributed by atoms with Crippen LogP contribution in [0, 0.1) is 0 Å². The summed E-state index contributed by atoms with van der Waals surface area (Å²) in [4.78, 5) is 23.6. The first-order valence-corrected chi connectivity index (χ1v) is 7.71. The van der Waals surface area contributed by atoms with E-state index in [0.717, 1.165) is 11.3 Å². The number of thiol groups is 1. The summed E-state index contributed by atoms with van der Waals surface area (Å²) in [6.07, 6.45) is 1.64. The first-order chi connectivity index (χ1) is 11.1. The number of nitrogens with two attached hydrogens (primary N) is 1. The Bertz CT molecular complexity index is 864. The first kappa shape index (κ1) is 15.6. The number of aromatic nitrogens is 4. The van der Waals surface area contributed by atoms with Crippen LogP contribution in [0.5, 0.6) is 0 Å². The lowest BCUT2D eigenvalue weighted by Gasteiger charge is -2.07. The van der Waals surface area contributed by atoms with Crippen molar-refractivity contribution in [2.24, 2.45) is 0 Å². The van der Waals surface area contributed by atoms with E-state index in [4.69, 9.17) is 17.3 Å². The fourth-order valence-electron chi connectivity index (χ4n) is 2.13. The minimum atomic E-state index is -0.150. The Morgan fingerprint density at radius 2 is 2.04 bits per heavy atom. The number of nitrogens with zero attached hydrogens (tertiary/aromatic N) is 4. The number of hydrogen-bond donors (Lipinski definition) is 3. The zero-order valence-corrected chi connectivity index (χ0v) is 13.6. The van der Waals surface area contributed by atoms with Crippen LogP contribution in [0.4, 0.5) is 11.6 Å². The van der Waals surface area contributed by atoms with Crippen LogP contribution in [0.1, 0.15) is 5.56 Å². The summed E-state index contributed by atoms with van der Waals surface area (Å²) in [5, 5.41) is 2.97. The number of fused-ring (bicyclic) bond motifs is 1. The molecule has 23 heavy (non-hydrogen) atoms. The fraction of sp³-hybridized carbons (Fsp3) is 0.143. The van der Waals surface area contributed by atoms with Crippen LogP contribution < -0.4 is 11.1 Å². The van der Waals surface area contributed by atoms with E-state index in [-0.39, 0.29) is 22.8 Å². The quantitative estimate of drug-likeness (QED) is 0.494. The number of benzene rings is 1. The standard InChI is InChI=1S/C14H13ClN6OS/c15-12-11-13(20-14(16)19-12)21(7-17-11)5-8-1-3-9(4-2-8)18-10(22)6-23/h1-4,7,23H,5-6H2,(H,18,22)(H2,16,19,20). The minimum Gasteiger partial charge on any atom is -0.368 e. The fourth-order valence-corrected chi connectivity index (χ4v) is 2.43. The molecule has 2 aromatic heterocycles. The third-order valence-corrected chi connectivity index (χ3v) is 3.72. The Morgan fingerprint density at radius 1 is 1.30 bits per heavy atom. The van der Waals surface area contributed by atoms with E-state index in [2.05, 4.69) is 32.9 Å². The van der Waals surface area contributed by atoms with E-state index in [9.17, 15) is 4.79 Å². The zero-order chi connectivity index (χ0) is 16.4. The average Bonchev–Trinajstić information content (AvgIpc) is 2.92. The maximum absolute atomic E-state index is 11.3. The van der Waals surface area contributed by atoms with E-state index in [1.165, 1.54) is 0 Å². The molecule has 3 N–H and O–H groups in total. The molecule has 0 radical (unpaired) electrons. The number of amides is 1. The topological polar surface area (TPSA) is 98.7 Å². The number of carbonyl (C=O) groups excluding carboxylic acids is 1. The third kappa shape index (κ3) is 3.38. The van der Waals surface area contributed by atoms with Gasteiger partial charge in [0, 0.05) is 5.69 Å². The largest absolute Gasteiger partial charge is 0.368 e. The van der Waals surface area contributed by atoms with E-state index in [1.54, 1.807) is 6.33 Å². The highest BCUT2D eigenvalue weighted by atomic mass is 35.5. The van der Waals surface area contributed by atoms with Crippen LogP contribution in [-0.2, 0) is 11.3 Å². The van der Waals surface area contributed by atoms with Gasteiger partial charge >= 0.3 is 0 Å². The monoisotopic (exact) mass is 348 g/mol. The van der Waals surface area contributed by atoms with Crippen molar-refractivity contribution in [1.82, 2.24) is 19.5 Å². The molecule has 9 heteroatoms. The molecule has 2 heterocycles. The van der Waals surface area contributed by atoms with Crippen LogP contribution in [-0.4, -0.2) is 31.2 Å². The van der Waals surface area contributed by atoms with E-state index in [1.807, 2.05) is 28.8 Å². The predicted molar refractivity (Wildman–Crippen MR) is 92.8 cm³/mol. The van der Waals surface area contributed by atoms with Crippen LogP contribution in [0.15, 0.2) is 30.6 Å². The van der Waals surface area contributed by atoms with Gasteiger partial charge in [0.05, 0.1) is 18.6 Å². The Hall–Kier alpha value is -2.32. The van der Waals surface area contributed by atoms with Gasteiger partial charge in [0.15, 0.2) is 10.8 Å². The Morgan fingerprint density at radius 3 is 2.74 bits per heavy atom. The van der Waals surface area contributed by atoms with Crippen molar-refractivity contribution in [3.05, 3.63) is 41.3 Å². The van der Waals surface area contributed by atoms with Gasteiger partial charge in [-0.05, 0) is 17.7 Å². The van der Waals surface area contributed by atoms with Crippen LogP contribution >= 0.6 is 24.2 Å². The minimum absolute atomic E-state index is 0.106. The number of imidazole rings is 1. The van der Waals surface area contributed by atoms with Gasteiger partial charge in [0.1, 0.15) is 5.52 Å². The Kier molecular flexibility index (Phi) is 4.35.